The largest absolute Gasteiger partial charge is 0.478 e. The normalized spacial score (nSPS) is 18.7. The van der Waals surface area contributed by atoms with Crippen LogP contribution in [-0.2, 0) is 0 Å². The van der Waals surface area contributed by atoms with Crippen LogP contribution in [0.15, 0.2) is 22.7 Å². The number of piperidine rings is 1. The summed E-state index contributed by atoms with van der Waals surface area (Å²) in [5.74, 6) is -0.880. The van der Waals surface area contributed by atoms with Gasteiger partial charge in [-0.1, -0.05) is 29.8 Å². The molecule has 0 aliphatic carbocycles. The molecule has 2 rings (SSSR count). The van der Waals surface area contributed by atoms with Gasteiger partial charge in [0.15, 0.2) is 0 Å². The second-order valence-corrected chi connectivity index (χ2v) is 6.57. The van der Waals surface area contributed by atoms with Gasteiger partial charge in [-0.2, -0.15) is 0 Å². The molecule has 0 radical (unpaired) electrons. The maximum atomic E-state index is 11.1. The van der Waals surface area contributed by atoms with Crippen molar-refractivity contribution in [2.24, 2.45) is 5.41 Å². The lowest BCUT2D eigenvalue weighted by Gasteiger charge is -2.38. The van der Waals surface area contributed by atoms with Crippen LogP contribution in [0.2, 0.25) is 0 Å². The zero-order valence-electron chi connectivity index (χ0n) is 10.7. The molecule has 18 heavy (non-hydrogen) atoms. The highest BCUT2D eigenvalue weighted by molar-refractivity contribution is 9.10. The molecular formula is C14H18BrNO2. The smallest absolute Gasteiger partial charge is 0.335 e. The van der Waals surface area contributed by atoms with E-state index in [9.17, 15) is 4.79 Å². The number of aromatic carboxylic acids is 1. The number of hydrogen-bond donors (Lipinski definition) is 1. The number of anilines is 1. The number of hydrogen-bond acceptors (Lipinski definition) is 2. The first kappa shape index (κ1) is 13.4. The fourth-order valence-corrected chi connectivity index (χ4v) is 2.73. The van der Waals surface area contributed by atoms with Crippen LogP contribution < -0.4 is 4.90 Å². The van der Waals surface area contributed by atoms with Gasteiger partial charge in [-0.15, -0.1) is 0 Å². The molecule has 3 nitrogen and oxygen atoms in total. The summed E-state index contributed by atoms with van der Waals surface area (Å²) in [6.45, 7) is 6.55. The minimum Gasteiger partial charge on any atom is -0.478 e. The van der Waals surface area contributed by atoms with Gasteiger partial charge in [0.05, 0.1) is 5.56 Å². The van der Waals surface area contributed by atoms with Crippen molar-refractivity contribution in [1.29, 1.82) is 0 Å². The molecular weight excluding hydrogens is 294 g/mol. The van der Waals surface area contributed by atoms with Gasteiger partial charge in [0.25, 0.3) is 0 Å². The van der Waals surface area contributed by atoms with Crippen LogP contribution in [0.25, 0.3) is 0 Å². The van der Waals surface area contributed by atoms with Gasteiger partial charge in [0.1, 0.15) is 0 Å². The summed E-state index contributed by atoms with van der Waals surface area (Å²) in [6, 6.07) is 5.38. The van der Waals surface area contributed by atoms with Crippen molar-refractivity contribution in [2.75, 3.05) is 18.0 Å². The molecule has 0 unspecified atom stereocenters. The van der Waals surface area contributed by atoms with Crippen LogP contribution in [0.1, 0.15) is 37.0 Å². The number of carbonyl (C=O) groups is 1. The number of nitrogens with zero attached hydrogens (tertiary/aromatic N) is 1. The highest BCUT2D eigenvalue weighted by Gasteiger charge is 2.25. The second kappa shape index (κ2) is 4.92. The number of carboxylic acid groups (broad SMARTS) is 1. The van der Waals surface area contributed by atoms with Gasteiger partial charge >= 0.3 is 5.97 Å². The van der Waals surface area contributed by atoms with Crippen LogP contribution in [0.4, 0.5) is 5.69 Å². The Morgan fingerprint density at radius 1 is 1.28 bits per heavy atom. The predicted molar refractivity (Wildman–Crippen MR) is 76.3 cm³/mol. The van der Waals surface area contributed by atoms with Crippen LogP contribution in [-0.4, -0.2) is 24.2 Å². The van der Waals surface area contributed by atoms with E-state index in [2.05, 4.69) is 34.7 Å². The van der Waals surface area contributed by atoms with E-state index in [0.29, 0.717) is 11.0 Å². The third kappa shape index (κ3) is 3.05. The predicted octanol–water partition coefficient (Wildman–Crippen LogP) is 3.77. The topological polar surface area (TPSA) is 40.5 Å². The zero-order chi connectivity index (χ0) is 13.3. The molecule has 0 aromatic heterocycles. The molecule has 1 aliphatic rings. The van der Waals surface area contributed by atoms with Gasteiger partial charge in [-0.05, 0) is 36.5 Å². The van der Waals surface area contributed by atoms with Crippen LogP contribution in [0, 0.1) is 5.41 Å². The lowest BCUT2D eigenvalue weighted by Crippen LogP contribution is -2.37. The Morgan fingerprint density at radius 2 is 1.89 bits per heavy atom. The van der Waals surface area contributed by atoms with Gasteiger partial charge in [-0.25, -0.2) is 4.79 Å². The molecule has 1 saturated heterocycles. The number of benzene rings is 1. The van der Waals surface area contributed by atoms with E-state index in [4.69, 9.17) is 5.11 Å². The molecule has 0 amide bonds. The molecule has 0 atom stereocenters. The minimum absolute atomic E-state index is 0.337. The first-order chi connectivity index (χ1) is 8.37. The standard InChI is InChI=1S/C14H18BrNO2/c1-14(2)3-5-16(6-4-14)12-8-10(13(17)18)7-11(15)9-12/h7-9H,3-6H2,1-2H3,(H,17,18). The number of carboxylic acids is 1. The van der Waals surface area contributed by atoms with Crippen LogP contribution >= 0.6 is 15.9 Å². The number of rotatable bonds is 2. The minimum atomic E-state index is -0.880. The molecule has 1 N–H and O–H groups in total. The molecule has 1 heterocycles. The van der Waals surface area contributed by atoms with Gasteiger partial charge in [0.2, 0.25) is 0 Å². The highest BCUT2D eigenvalue weighted by atomic mass is 79.9. The van der Waals surface area contributed by atoms with Gasteiger partial charge in [0, 0.05) is 23.2 Å². The highest BCUT2D eigenvalue weighted by Crippen LogP contribution is 2.33. The van der Waals surface area contributed by atoms with E-state index in [1.54, 1.807) is 12.1 Å². The SMILES string of the molecule is CC1(C)CCN(c2cc(Br)cc(C(=O)O)c2)CC1. The van der Waals surface area contributed by atoms with Crippen molar-refractivity contribution in [3.8, 4) is 0 Å². The molecule has 0 saturated carbocycles. The molecule has 0 spiro atoms. The monoisotopic (exact) mass is 311 g/mol. The lowest BCUT2D eigenvalue weighted by molar-refractivity contribution is 0.0697. The van der Waals surface area contributed by atoms with E-state index in [1.165, 1.54) is 0 Å². The summed E-state index contributed by atoms with van der Waals surface area (Å²) in [6.07, 6.45) is 2.28. The number of halogens is 1. The zero-order valence-corrected chi connectivity index (χ0v) is 12.3. The average molecular weight is 312 g/mol. The maximum Gasteiger partial charge on any atom is 0.335 e. The van der Waals surface area contributed by atoms with Gasteiger partial charge < -0.3 is 10.0 Å². The Labute approximate surface area is 116 Å². The summed E-state index contributed by atoms with van der Waals surface area (Å²) >= 11 is 3.38. The fourth-order valence-electron chi connectivity index (χ4n) is 2.25. The average Bonchev–Trinajstić information content (AvgIpc) is 2.28. The molecule has 0 bridgehead atoms. The van der Waals surface area contributed by atoms with E-state index in [-0.39, 0.29) is 0 Å². The Hall–Kier alpha value is -1.03. The molecule has 1 fully saturated rings. The molecule has 4 heteroatoms. The Kier molecular flexibility index (Phi) is 3.66. The molecule has 1 aromatic carbocycles. The van der Waals surface area contributed by atoms with Crippen molar-refractivity contribution in [3.05, 3.63) is 28.2 Å². The summed E-state index contributed by atoms with van der Waals surface area (Å²) < 4.78 is 0.822. The summed E-state index contributed by atoms with van der Waals surface area (Å²) in [5.41, 5.74) is 1.74. The second-order valence-electron chi connectivity index (χ2n) is 5.65. The summed E-state index contributed by atoms with van der Waals surface area (Å²) in [7, 11) is 0. The van der Waals surface area contributed by atoms with Crippen molar-refractivity contribution in [1.82, 2.24) is 0 Å². The third-order valence-corrected chi connectivity index (χ3v) is 4.07. The first-order valence-corrected chi connectivity index (χ1v) is 6.95. The maximum absolute atomic E-state index is 11.1. The van der Waals surface area contributed by atoms with Crippen molar-refractivity contribution in [2.45, 2.75) is 26.7 Å². The Balaban J connectivity index is 2.21. The van der Waals surface area contributed by atoms with Crippen molar-refractivity contribution in [3.63, 3.8) is 0 Å². The first-order valence-electron chi connectivity index (χ1n) is 6.16. The van der Waals surface area contributed by atoms with E-state index < -0.39 is 5.97 Å². The van der Waals surface area contributed by atoms with Crippen LogP contribution in [0.3, 0.4) is 0 Å². The quantitative estimate of drug-likeness (QED) is 0.903. The van der Waals surface area contributed by atoms with Gasteiger partial charge in [-0.3, -0.25) is 0 Å². The third-order valence-electron chi connectivity index (χ3n) is 3.61. The summed E-state index contributed by atoms with van der Waals surface area (Å²) in [4.78, 5) is 13.3. The Morgan fingerprint density at radius 3 is 2.44 bits per heavy atom. The lowest BCUT2D eigenvalue weighted by atomic mass is 9.82. The van der Waals surface area contributed by atoms with Crippen molar-refractivity contribution < 1.29 is 9.90 Å². The Bertz CT molecular complexity index is 461. The summed E-state index contributed by atoms with van der Waals surface area (Å²) in [5, 5.41) is 9.08. The molecule has 1 aromatic rings. The van der Waals surface area contributed by atoms with Crippen LogP contribution in [0.5, 0.6) is 0 Å². The molecule has 98 valence electrons. The van der Waals surface area contributed by atoms with Crippen molar-refractivity contribution >= 4 is 27.6 Å². The van der Waals surface area contributed by atoms with E-state index >= 15 is 0 Å². The van der Waals surface area contributed by atoms with E-state index in [1.807, 2.05) is 6.07 Å². The van der Waals surface area contributed by atoms with E-state index in [0.717, 1.165) is 36.1 Å². The molecule has 1 aliphatic heterocycles. The fraction of sp³-hybridized carbons (Fsp3) is 0.500.